The van der Waals surface area contributed by atoms with Crippen LogP contribution in [0.2, 0.25) is 0 Å². The minimum absolute atomic E-state index is 0.0835. The van der Waals surface area contributed by atoms with Crippen molar-refractivity contribution in [1.29, 1.82) is 0 Å². The van der Waals surface area contributed by atoms with Gasteiger partial charge in [0.05, 0.1) is 0 Å². The summed E-state index contributed by atoms with van der Waals surface area (Å²) in [4.78, 5) is 25.7. The van der Waals surface area contributed by atoms with Crippen LogP contribution in [0.1, 0.15) is 22.3 Å². The first-order valence-corrected chi connectivity index (χ1v) is 12.8. The molecule has 4 aromatic rings. The zero-order valence-corrected chi connectivity index (χ0v) is 21.8. The van der Waals surface area contributed by atoms with Gasteiger partial charge in [0.2, 0.25) is 0 Å². The Morgan fingerprint density at radius 1 is 0.375 bits per heavy atom. The zero-order valence-electron chi connectivity index (χ0n) is 21.8. The molecule has 0 unspecified atom stereocenters. The predicted octanol–water partition coefficient (Wildman–Crippen LogP) is 8.14. The first-order chi connectivity index (χ1) is 19.7. The number of carbonyl (C=O) groups is 2. The van der Waals surface area contributed by atoms with Crippen molar-refractivity contribution in [2.75, 3.05) is 0 Å². The molecule has 0 radical (unpaired) electrons. The van der Waals surface area contributed by atoms with E-state index in [1.54, 1.807) is 36.5 Å². The Kier molecular flexibility index (Phi) is 10.4. The van der Waals surface area contributed by atoms with E-state index in [9.17, 15) is 9.59 Å². The van der Waals surface area contributed by atoms with Gasteiger partial charge in [-0.15, -0.1) is 0 Å². The van der Waals surface area contributed by atoms with Crippen molar-refractivity contribution in [3.63, 3.8) is 0 Å². The molecule has 0 aliphatic heterocycles. The molecule has 0 saturated heterocycles. The number of rotatable bonds is 10. The van der Waals surface area contributed by atoms with E-state index in [1.807, 2.05) is 121 Å². The first kappa shape index (κ1) is 27.6. The summed E-state index contributed by atoms with van der Waals surface area (Å²) >= 11 is 0. The van der Waals surface area contributed by atoms with Crippen LogP contribution < -0.4 is 0 Å². The number of carbonyl (C=O) groups excluding carboxylic acids is 2. The fourth-order valence-electron chi connectivity index (χ4n) is 3.55. The minimum atomic E-state index is -0.613. The molecule has 0 atom stereocenters. The van der Waals surface area contributed by atoms with E-state index in [-0.39, 0.29) is 11.5 Å². The van der Waals surface area contributed by atoms with Gasteiger partial charge < -0.3 is 9.47 Å². The minimum Gasteiger partial charge on any atom is -0.419 e. The van der Waals surface area contributed by atoms with Gasteiger partial charge in [-0.2, -0.15) is 0 Å². The van der Waals surface area contributed by atoms with Gasteiger partial charge in [-0.1, -0.05) is 133 Å². The van der Waals surface area contributed by atoms with Crippen LogP contribution in [-0.4, -0.2) is 11.9 Å². The molecule has 4 aromatic carbocycles. The zero-order chi connectivity index (χ0) is 27.8. The van der Waals surface area contributed by atoms with Crippen molar-refractivity contribution >= 4 is 36.2 Å². The second-order valence-corrected chi connectivity index (χ2v) is 8.55. The highest BCUT2D eigenvalue weighted by molar-refractivity contribution is 5.89. The quantitative estimate of drug-likeness (QED) is 0.0909. The van der Waals surface area contributed by atoms with Crippen molar-refractivity contribution in [3.8, 4) is 0 Å². The summed E-state index contributed by atoms with van der Waals surface area (Å²) in [5.41, 5.74) is 3.48. The lowest BCUT2D eigenvalue weighted by molar-refractivity contribution is -0.137. The normalized spacial score (nSPS) is 12.2. The number of esters is 2. The summed E-state index contributed by atoms with van der Waals surface area (Å²) in [6.07, 6.45) is 12.8. The van der Waals surface area contributed by atoms with Gasteiger partial charge in [-0.25, -0.2) is 9.59 Å². The van der Waals surface area contributed by atoms with Gasteiger partial charge in [0.1, 0.15) is 0 Å². The lowest BCUT2D eigenvalue weighted by Crippen LogP contribution is -2.07. The largest absolute Gasteiger partial charge is 0.419 e. The first-order valence-electron chi connectivity index (χ1n) is 12.8. The molecule has 0 aliphatic rings. The van der Waals surface area contributed by atoms with Crippen molar-refractivity contribution in [2.24, 2.45) is 0 Å². The van der Waals surface area contributed by atoms with E-state index in [0.717, 1.165) is 22.3 Å². The van der Waals surface area contributed by atoms with Crippen molar-refractivity contribution in [3.05, 3.63) is 179 Å². The van der Waals surface area contributed by atoms with Gasteiger partial charge in [0.25, 0.3) is 0 Å². The Labute approximate surface area is 234 Å². The number of hydrogen-bond acceptors (Lipinski definition) is 4. The summed E-state index contributed by atoms with van der Waals surface area (Å²) in [5.74, 6) is -1.06. The molecule has 40 heavy (non-hydrogen) atoms. The molecule has 0 N–H and O–H groups in total. The van der Waals surface area contributed by atoms with Gasteiger partial charge in [-0.05, 0) is 46.6 Å². The van der Waals surface area contributed by atoms with E-state index < -0.39 is 11.9 Å². The van der Waals surface area contributed by atoms with Crippen LogP contribution in [0.15, 0.2) is 157 Å². The summed E-state index contributed by atoms with van der Waals surface area (Å²) in [5, 5.41) is 0. The number of hydrogen-bond donors (Lipinski definition) is 0. The Morgan fingerprint density at radius 2 is 0.625 bits per heavy atom. The molecule has 0 saturated carbocycles. The van der Waals surface area contributed by atoms with Gasteiger partial charge in [0, 0.05) is 12.2 Å². The third-order valence-electron chi connectivity index (χ3n) is 5.54. The highest BCUT2D eigenvalue weighted by Gasteiger charge is 2.12. The molecule has 4 nitrogen and oxygen atoms in total. The van der Waals surface area contributed by atoms with Crippen molar-refractivity contribution in [2.45, 2.75) is 0 Å². The monoisotopic (exact) mass is 524 g/mol. The summed E-state index contributed by atoms with van der Waals surface area (Å²) in [7, 11) is 0. The van der Waals surface area contributed by atoms with E-state index in [2.05, 4.69) is 0 Å². The van der Waals surface area contributed by atoms with Crippen LogP contribution in [0.25, 0.3) is 24.3 Å². The standard InChI is InChI=1S/C36H28O4/c37-35(27-23-31-17-9-3-10-18-31)39-33(25-21-29-13-5-1-6-14-29)34(26-22-30-15-7-2-8-16-30)40-36(38)28-24-32-19-11-4-12-20-32/h1-28H/b25-21+,26-22+,27-23+,28-24+,34-33+. The van der Waals surface area contributed by atoms with Gasteiger partial charge in [0.15, 0.2) is 11.5 Å². The van der Waals surface area contributed by atoms with E-state index in [0.29, 0.717) is 0 Å². The predicted molar refractivity (Wildman–Crippen MR) is 161 cm³/mol. The lowest BCUT2D eigenvalue weighted by atomic mass is 10.2. The second-order valence-electron chi connectivity index (χ2n) is 8.55. The molecular formula is C36H28O4. The molecule has 0 spiro atoms. The van der Waals surface area contributed by atoms with Crippen LogP contribution in [0.3, 0.4) is 0 Å². The Balaban J connectivity index is 1.68. The molecule has 0 amide bonds. The number of ether oxygens (including phenoxy) is 2. The van der Waals surface area contributed by atoms with Crippen LogP contribution in [-0.2, 0) is 19.1 Å². The molecule has 0 bridgehead atoms. The van der Waals surface area contributed by atoms with Crippen LogP contribution in [0.4, 0.5) is 0 Å². The molecule has 0 aliphatic carbocycles. The van der Waals surface area contributed by atoms with Crippen LogP contribution >= 0.6 is 0 Å². The van der Waals surface area contributed by atoms with Crippen LogP contribution in [0, 0.1) is 0 Å². The molecule has 196 valence electrons. The molecule has 0 aromatic heterocycles. The highest BCUT2D eigenvalue weighted by Crippen LogP contribution is 2.18. The number of benzene rings is 4. The number of allylic oxidation sites excluding steroid dienone is 2. The summed E-state index contributed by atoms with van der Waals surface area (Å²) in [6.45, 7) is 0. The maximum absolute atomic E-state index is 12.9. The van der Waals surface area contributed by atoms with Gasteiger partial charge in [-0.3, -0.25) is 0 Å². The molecule has 0 fully saturated rings. The Hall–Kier alpha value is -5.48. The topological polar surface area (TPSA) is 52.6 Å². The van der Waals surface area contributed by atoms with Crippen molar-refractivity contribution < 1.29 is 19.1 Å². The average Bonchev–Trinajstić information content (AvgIpc) is 3.01. The van der Waals surface area contributed by atoms with Gasteiger partial charge >= 0.3 is 11.9 Å². The molecule has 4 heteroatoms. The Morgan fingerprint density at radius 3 is 0.900 bits per heavy atom. The molecule has 0 heterocycles. The Bertz CT molecular complexity index is 1410. The van der Waals surface area contributed by atoms with Crippen molar-refractivity contribution in [1.82, 2.24) is 0 Å². The average molecular weight is 525 g/mol. The van der Waals surface area contributed by atoms with E-state index >= 15 is 0 Å². The third-order valence-corrected chi connectivity index (χ3v) is 5.54. The maximum Gasteiger partial charge on any atom is 0.336 e. The SMILES string of the molecule is O=C(/C=C/c1ccccc1)OC(/C=C/c1ccccc1)=C(\C=C\c1ccccc1)OC(=O)/C=C/c1ccccc1. The second kappa shape index (κ2) is 15.1. The molecular weight excluding hydrogens is 496 g/mol. The summed E-state index contributed by atoms with van der Waals surface area (Å²) < 4.78 is 11.4. The van der Waals surface area contributed by atoms with E-state index in [4.69, 9.17) is 9.47 Å². The summed E-state index contributed by atoms with van der Waals surface area (Å²) in [6, 6.07) is 38.0. The highest BCUT2D eigenvalue weighted by atomic mass is 16.6. The fourth-order valence-corrected chi connectivity index (χ4v) is 3.55. The lowest BCUT2D eigenvalue weighted by Gasteiger charge is -2.09. The van der Waals surface area contributed by atoms with Crippen LogP contribution in [0.5, 0.6) is 0 Å². The fraction of sp³-hybridized carbons (Fsp3) is 0. The molecule has 4 rings (SSSR count). The van der Waals surface area contributed by atoms with E-state index in [1.165, 1.54) is 12.2 Å². The maximum atomic E-state index is 12.9. The smallest absolute Gasteiger partial charge is 0.336 e. The third kappa shape index (κ3) is 9.43.